The highest BCUT2D eigenvalue weighted by molar-refractivity contribution is 5.98. The second kappa shape index (κ2) is 7.00. The Bertz CT molecular complexity index is 644. The summed E-state index contributed by atoms with van der Waals surface area (Å²) in [4.78, 5) is 37.4. The summed E-state index contributed by atoms with van der Waals surface area (Å²) in [5.74, 6) is -0.836. The van der Waals surface area contributed by atoms with Crippen LogP contribution in [0.1, 0.15) is 29.6 Å². The molecule has 1 saturated heterocycles. The fourth-order valence-electron chi connectivity index (χ4n) is 3.40. The molecule has 2 atom stereocenters. The van der Waals surface area contributed by atoms with Crippen LogP contribution in [0.4, 0.5) is 5.69 Å². The number of anilines is 1. The van der Waals surface area contributed by atoms with Crippen molar-refractivity contribution in [1.29, 1.82) is 0 Å². The van der Waals surface area contributed by atoms with Crippen molar-refractivity contribution in [2.24, 2.45) is 11.7 Å². The molecule has 128 valence electrons. The molecule has 1 heterocycles. The lowest BCUT2D eigenvalue weighted by Gasteiger charge is -2.27. The minimum absolute atomic E-state index is 0.0220. The predicted octanol–water partition coefficient (Wildman–Crippen LogP) is 0.00660. The molecular formula is C17H22N4O3. The second-order valence-electron chi connectivity index (χ2n) is 6.29. The molecule has 0 radical (unpaired) electrons. The smallest absolute Gasteiger partial charge is 0.251 e. The molecule has 0 spiro atoms. The molecule has 7 nitrogen and oxygen atoms in total. The van der Waals surface area contributed by atoms with E-state index in [1.54, 1.807) is 29.2 Å². The minimum Gasteiger partial charge on any atom is -0.369 e. The van der Waals surface area contributed by atoms with E-state index in [4.69, 9.17) is 5.73 Å². The minimum atomic E-state index is -0.356. The summed E-state index contributed by atoms with van der Waals surface area (Å²) in [6, 6.07) is 6.77. The summed E-state index contributed by atoms with van der Waals surface area (Å²) < 4.78 is 0. The van der Waals surface area contributed by atoms with Crippen LogP contribution in [0.25, 0.3) is 0 Å². The number of hydrogen-bond donors (Lipinski definition) is 3. The molecule has 24 heavy (non-hydrogen) atoms. The van der Waals surface area contributed by atoms with Crippen molar-refractivity contribution < 1.29 is 14.4 Å². The molecule has 3 amide bonds. The SMILES string of the molecule is NC(=O)C1CCCC1NC(=O)c1ccc(N2CCNCC2=O)cc1. The number of amides is 3. The number of carbonyl (C=O) groups is 3. The van der Waals surface area contributed by atoms with Gasteiger partial charge in [0.25, 0.3) is 5.91 Å². The molecule has 7 heteroatoms. The van der Waals surface area contributed by atoms with Crippen LogP contribution in [-0.2, 0) is 9.59 Å². The van der Waals surface area contributed by atoms with Gasteiger partial charge in [0.1, 0.15) is 0 Å². The van der Waals surface area contributed by atoms with Gasteiger partial charge in [-0.05, 0) is 37.1 Å². The number of benzene rings is 1. The molecule has 3 rings (SSSR count). The van der Waals surface area contributed by atoms with E-state index < -0.39 is 0 Å². The molecule has 1 saturated carbocycles. The Balaban J connectivity index is 1.65. The monoisotopic (exact) mass is 330 g/mol. The molecule has 1 aromatic rings. The Labute approximate surface area is 140 Å². The van der Waals surface area contributed by atoms with E-state index in [0.717, 1.165) is 31.5 Å². The first-order chi connectivity index (χ1) is 11.6. The molecule has 1 aromatic carbocycles. The van der Waals surface area contributed by atoms with E-state index in [2.05, 4.69) is 10.6 Å². The quantitative estimate of drug-likeness (QED) is 0.723. The molecular weight excluding hydrogens is 308 g/mol. The maximum Gasteiger partial charge on any atom is 0.251 e. The van der Waals surface area contributed by atoms with Crippen molar-refractivity contribution in [3.8, 4) is 0 Å². The topological polar surface area (TPSA) is 105 Å². The number of nitrogens with one attached hydrogen (secondary N) is 2. The first-order valence-corrected chi connectivity index (χ1v) is 8.27. The molecule has 0 aromatic heterocycles. The normalized spacial score (nSPS) is 24.0. The zero-order valence-corrected chi connectivity index (χ0v) is 13.5. The number of nitrogens with two attached hydrogens (primary N) is 1. The highest BCUT2D eigenvalue weighted by Gasteiger charge is 2.32. The van der Waals surface area contributed by atoms with E-state index >= 15 is 0 Å². The summed E-state index contributed by atoms with van der Waals surface area (Å²) in [7, 11) is 0. The third-order valence-electron chi connectivity index (χ3n) is 4.73. The van der Waals surface area contributed by atoms with E-state index in [1.807, 2.05) is 0 Å². The number of piperazine rings is 1. The number of nitrogens with zero attached hydrogens (tertiary/aromatic N) is 1. The van der Waals surface area contributed by atoms with Crippen LogP contribution in [0.5, 0.6) is 0 Å². The molecule has 2 unspecified atom stereocenters. The standard InChI is InChI=1S/C17H22N4O3/c18-16(23)13-2-1-3-14(13)20-17(24)11-4-6-12(7-5-11)21-9-8-19-10-15(21)22/h4-7,13-14,19H,1-3,8-10H2,(H2,18,23)(H,20,24). The highest BCUT2D eigenvalue weighted by atomic mass is 16.2. The van der Waals surface area contributed by atoms with E-state index in [0.29, 0.717) is 18.7 Å². The number of carbonyl (C=O) groups excluding carboxylic acids is 3. The van der Waals surface area contributed by atoms with Crippen molar-refractivity contribution in [2.75, 3.05) is 24.5 Å². The summed E-state index contributed by atoms with van der Waals surface area (Å²) in [6.45, 7) is 1.70. The average Bonchev–Trinajstić information content (AvgIpc) is 3.04. The van der Waals surface area contributed by atoms with Crippen LogP contribution >= 0.6 is 0 Å². The van der Waals surface area contributed by atoms with Gasteiger partial charge in [0.2, 0.25) is 11.8 Å². The Morgan fingerprint density at radius 3 is 2.62 bits per heavy atom. The van der Waals surface area contributed by atoms with Crippen molar-refractivity contribution >= 4 is 23.4 Å². The fourth-order valence-corrected chi connectivity index (χ4v) is 3.40. The van der Waals surface area contributed by atoms with Crippen LogP contribution in [-0.4, -0.2) is 43.4 Å². The van der Waals surface area contributed by atoms with Gasteiger partial charge in [-0.25, -0.2) is 0 Å². The lowest BCUT2D eigenvalue weighted by atomic mass is 10.0. The van der Waals surface area contributed by atoms with E-state index in [1.165, 1.54) is 0 Å². The highest BCUT2D eigenvalue weighted by Crippen LogP contribution is 2.25. The largest absolute Gasteiger partial charge is 0.369 e. The summed E-state index contributed by atoms with van der Waals surface area (Å²) in [5.41, 5.74) is 6.68. The van der Waals surface area contributed by atoms with E-state index in [9.17, 15) is 14.4 Å². The van der Waals surface area contributed by atoms with Gasteiger partial charge in [-0.1, -0.05) is 6.42 Å². The summed E-state index contributed by atoms with van der Waals surface area (Å²) >= 11 is 0. The Hall–Kier alpha value is -2.41. The third kappa shape index (κ3) is 3.41. The first-order valence-electron chi connectivity index (χ1n) is 8.27. The van der Waals surface area contributed by atoms with Crippen molar-refractivity contribution in [2.45, 2.75) is 25.3 Å². The van der Waals surface area contributed by atoms with Gasteiger partial charge in [-0.2, -0.15) is 0 Å². The molecule has 1 aliphatic heterocycles. The van der Waals surface area contributed by atoms with E-state index in [-0.39, 0.29) is 29.7 Å². The number of hydrogen-bond acceptors (Lipinski definition) is 4. The van der Waals surface area contributed by atoms with Gasteiger partial charge in [0.15, 0.2) is 0 Å². The van der Waals surface area contributed by atoms with Gasteiger partial charge < -0.3 is 21.3 Å². The number of primary amides is 1. The fraction of sp³-hybridized carbons (Fsp3) is 0.471. The molecule has 0 bridgehead atoms. The second-order valence-corrected chi connectivity index (χ2v) is 6.29. The van der Waals surface area contributed by atoms with Crippen LogP contribution in [0, 0.1) is 5.92 Å². The molecule has 4 N–H and O–H groups in total. The molecule has 2 aliphatic rings. The van der Waals surface area contributed by atoms with Gasteiger partial charge >= 0.3 is 0 Å². The van der Waals surface area contributed by atoms with Crippen molar-refractivity contribution in [3.05, 3.63) is 29.8 Å². The average molecular weight is 330 g/mol. The van der Waals surface area contributed by atoms with Gasteiger partial charge in [-0.3, -0.25) is 14.4 Å². The van der Waals surface area contributed by atoms with Gasteiger partial charge in [0.05, 0.1) is 12.5 Å². The van der Waals surface area contributed by atoms with Gasteiger partial charge in [0, 0.05) is 30.4 Å². The zero-order valence-electron chi connectivity index (χ0n) is 13.5. The maximum absolute atomic E-state index is 12.4. The Morgan fingerprint density at radius 1 is 1.21 bits per heavy atom. The Kier molecular flexibility index (Phi) is 4.80. The van der Waals surface area contributed by atoms with Crippen LogP contribution in [0.15, 0.2) is 24.3 Å². The summed E-state index contributed by atoms with van der Waals surface area (Å²) in [6.07, 6.45) is 2.39. The van der Waals surface area contributed by atoms with Crippen LogP contribution in [0.3, 0.4) is 0 Å². The maximum atomic E-state index is 12.4. The molecule has 1 aliphatic carbocycles. The third-order valence-corrected chi connectivity index (χ3v) is 4.73. The lowest BCUT2D eigenvalue weighted by Crippen LogP contribution is -2.48. The van der Waals surface area contributed by atoms with Crippen LogP contribution < -0.4 is 21.3 Å². The zero-order chi connectivity index (χ0) is 17.1. The lowest BCUT2D eigenvalue weighted by molar-refractivity contribution is -0.122. The van der Waals surface area contributed by atoms with Gasteiger partial charge in [-0.15, -0.1) is 0 Å². The Morgan fingerprint density at radius 2 is 1.96 bits per heavy atom. The van der Waals surface area contributed by atoms with Crippen LogP contribution in [0.2, 0.25) is 0 Å². The van der Waals surface area contributed by atoms with Crippen molar-refractivity contribution in [3.63, 3.8) is 0 Å². The first kappa shape index (κ1) is 16.4. The molecule has 2 fully saturated rings. The predicted molar refractivity (Wildman–Crippen MR) is 89.5 cm³/mol. The summed E-state index contributed by atoms with van der Waals surface area (Å²) in [5, 5.41) is 5.93. The van der Waals surface area contributed by atoms with Crippen molar-refractivity contribution in [1.82, 2.24) is 10.6 Å². The number of rotatable bonds is 4.